The van der Waals surface area contributed by atoms with E-state index in [0.29, 0.717) is 12.2 Å². The van der Waals surface area contributed by atoms with Crippen molar-refractivity contribution in [1.29, 1.82) is 0 Å². The lowest BCUT2D eigenvalue weighted by molar-refractivity contribution is 0.629. The van der Waals surface area contributed by atoms with Crippen LogP contribution in [0.25, 0.3) is 11.0 Å². The number of halogens is 2. The van der Waals surface area contributed by atoms with Crippen molar-refractivity contribution in [2.75, 3.05) is 5.32 Å². The van der Waals surface area contributed by atoms with Gasteiger partial charge in [0, 0.05) is 4.47 Å². The van der Waals surface area contributed by atoms with E-state index < -0.39 is 0 Å². The van der Waals surface area contributed by atoms with Gasteiger partial charge in [0.05, 0.1) is 35.2 Å². The van der Waals surface area contributed by atoms with Crippen molar-refractivity contribution in [3.05, 3.63) is 64.6 Å². The smallest absolute Gasteiger partial charge is 0.146 e. The van der Waals surface area contributed by atoms with Crippen LogP contribution in [0.5, 0.6) is 0 Å². The molecular formula is C15H11BrFN3. The standard InChI is InChI=1S/C15H11BrFN3/c16-10-5-6-12(17)15(7-10)19-9-11-8-18-13-3-1-2-4-14(13)20-11/h1-8,19H,9H2. The first-order valence-corrected chi connectivity index (χ1v) is 6.91. The summed E-state index contributed by atoms with van der Waals surface area (Å²) >= 11 is 3.32. The summed E-state index contributed by atoms with van der Waals surface area (Å²) in [4.78, 5) is 8.81. The monoisotopic (exact) mass is 331 g/mol. The van der Waals surface area contributed by atoms with Crippen LogP contribution in [0.4, 0.5) is 10.1 Å². The Hall–Kier alpha value is -2.01. The van der Waals surface area contributed by atoms with Crippen LogP contribution in [-0.2, 0) is 6.54 Å². The van der Waals surface area contributed by atoms with Crippen LogP contribution in [0.3, 0.4) is 0 Å². The summed E-state index contributed by atoms with van der Waals surface area (Å²) in [5.41, 5.74) is 2.89. The Kier molecular flexibility index (Phi) is 3.60. The molecule has 1 N–H and O–H groups in total. The van der Waals surface area contributed by atoms with Crippen LogP contribution in [0.15, 0.2) is 53.1 Å². The van der Waals surface area contributed by atoms with E-state index in [1.807, 2.05) is 24.3 Å². The quantitative estimate of drug-likeness (QED) is 0.783. The highest BCUT2D eigenvalue weighted by Gasteiger charge is 2.04. The maximum Gasteiger partial charge on any atom is 0.146 e. The SMILES string of the molecule is Fc1ccc(Br)cc1NCc1cnc2ccccc2n1. The van der Waals surface area contributed by atoms with Crippen molar-refractivity contribution >= 4 is 32.7 Å². The largest absolute Gasteiger partial charge is 0.377 e. The number of rotatable bonds is 3. The Labute approximate surface area is 124 Å². The number of nitrogens with zero attached hydrogens (tertiary/aromatic N) is 2. The van der Waals surface area contributed by atoms with Gasteiger partial charge >= 0.3 is 0 Å². The molecule has 20 heavy (non-hydrogen) atoms. The zero-order valence-corrected chi connectivity index (χ0v) is 12.1. The average molecular weight is 332 g/mol. The third kappa shape index (κ3) is 2.77. The first-order chi connectivity index (χ1) is 9.72. The second-order valence-electron chi connectivity index (χ2n) is 4.33. The van der Waals surface area contributed by atoms with Crippen LogP contribution < -0.4 is 5.32 Å². The third-order valence-electron chi connectivity index (χ3n) is 2.89. The number of benzene rings is 2. The molecule has 2 aromatic carbocycles. The van der Waals surface area contributed by atoms with Gasteiger partial charge in [0.2, 0.25) is 0 Å². The maximum atomic E-state index is 13.6. The molecule has 1 aromatic heterocycles. The van der Waals surface area contributed by atoms with E-state index in [2.05, 4.69) is 31.2 Å². The third-order valence-corrected chi connectivity index (χ3v) is 3.38. The van der Waals surface area contributed by atoms with E-state index in [9.17, 15) is 4.39 Å². The molecule has 0 unspecified atom stereocenters. The topological polar surface area (TPSA) is 37.8 Å². The lowest BCUT2D eigenvalue weighted by Crippen LogP contribution is -2.04. The van der Waals surface area contributed by atoms with Gasteiger partial charge in [-0.2, -0.15) is 0 Å². The van der Waals surface area contributed by atoms with E-state index in [0.717, 1.165) is 21.2 Å². The molecule has 0 aliphatic carbocycles. The number of nitrogens with one attached hydrogen (secondary N) is 1. The Morgan fingerprint density at radius 2 is 1.90 bits per heavy atom. The first kappa shape index (κ1) is 13.0. The van der Waals surface area contributed by atoms with Crippen molar-refractivity contribution in [3.63, 3.8) is 0 Å². The number of aromatic nitrogens is 2. The molecule has 0 saturated carbocycles. The highest BCUT2D eigenvalue weighted by atomic mass is 79.9. The van der Waals surface area contributed by atoms with Crippen molar-refractivity contribution < 1.29 is 4.39 Å². The Morgan fingerprint density at radius 1 is 1.10 bits per heavy atom. The molecule has 0 fully saturated rings. The Morgan fingerprint density at radius 3 is 2.75 bits per heavy atom. The molecule has 5 heteroatoms. The van der Waals surface area contributed by atoms with Gasteiger partial charge in [-0.3, -0.25) is 4.98 Å². The molecule has 0 radical (unpaired) electrons. The summed E-state index contributed by atoms with van der Waals surface area (Å²) in [6.45, 7) is 0.422. The molecule has 0 amide bonds. The molecule has 1 heterocycles. The van der Waals surface area contributed by atoms with Crippen molar-refractivity contribution in [2.24, 2.45) is 0 Å². The Bertz CT molecular complexity index is 761. The fourth-order valence-corrected chi connectivity index (χ4v) is 2.26. The predicted molar refractivity (Wildman–Crippen MR) is 81.0 cm³/mol. The molecule has 0 saturated heterocycles. The second-order valence-corrected chi connectivity index (χ2v) is 5.24. The highest BCUT2D eigenvalue weighted by Crippen LogP contribution is 2.20. The number of hydrogen-bond acceptors (Lipinski definition) is 3. The molecule has 3 rings (SSSR count). The van der Waals surface area contributed by atoms with E-state index in [4.69, 9.17) is 0 Å². The van der Waals surface area contributed by atoms with Crippen LogP contribution >= 0.6 is 15.9 Å². The number of fused-ring (bicyclic) bond motifs is 1. The van der Waals surface area contributed by atoms with Gasteiger partial charge in [-0.05, 0) is 30.3 Å². The van der Waals surface area contributed by atoms with E-state index in [-0.39, 0.29) is 5.82 Å². The molecule has 100 valence electrons. The maximum absolute atomic E-state index is 13.6. The van der Waals surface area contributed by atoms with Crippen LogP contribution in [0, 0.1) is 5.82 Å². The minimum Gasteiger partial charge on any atom is -0.377 e. The second kappa shape index (κ2) is 5.54. The van der Waals surface area contributed by atoms with Gasteiger partial charge < -0.3 is 5.32 Å². The molecule has 3 aromatic rings. The summed E-state index contributed by atoms with van der Waals surface area (Å²) in [6, 6.07) is 12.4. The van der Waals surface area contributed by atoms with E-state index in [1.54, 1.807) is 18.3 Å². The van der Waals surface area contributed by atoms with Crippen LogP contribution in [0.1, 0.15) is 5.69 Å². The summed E-state index contributed by atoms with van der Waals surface area (Å²) < 4.78 is 14.4. The molecule has 0 spiro atoms. The van der Waals surface area contributed by atoms with Gasteiger partial charge in [0.15, 0.2) is 0 Å². The highest BCUT2D eigenvalue weighted by molar-refractivity contribution is 9.10. The summed E-state index contributed by atoms with van der Waals surface area (Å²) in [5.74, 6) is -0.290. The normalized spacial score (nSPS) is 10.7. The molecule has 0 aliphatic rings. The van der Waals surface area contributed by atoms with E-state index in [1.165, 1.54) is 6.07 Å². The zero-order valence-electron chi connectivity index (χ0n) is 10.5. The molecule has 3 nitrogen and oxygen atoms in total. The van der Waals surface area contributed by atoms with Gasteiger partial charge in [-0.15, -0.1) is 0 Å². The first-order valence-electron chi connectivity index (χ1n) is 6.12. The van der Waals surface area contributed by atoms with Gasteiger partial charge in [0.25, 0.3) is 0 Å². The summed E-state index contributed by atoms with van der Waals surface area (Å²) in [7, 11) is 0. The van der Waals surface area contributed by atoms with Crippen LogP contribution in [-0.4, -0.2) is 9.97 Å². The molecule has 0 atom stereocenters. The van der Waals surface area contributed by atoms with Crippen molar-refractivity contribution in [2.45, 2.75) is 6.54 Å². The van der Waals surface area contributed by atoms with Crippen LogP contribution in [0.2, 0.25) is 0 Å². The summed E-state index contributed by atoms with van der Waals surface area (Å²) in [6.07, 6.45) is 1.70. The predicted octanol–water partition coefficient (Wildman–Crippen LogP) is 4.14. The number of hydrogen-bond donors (Lipinski definition) is 1. The van der Waals surface area contributed by atoms with Crippen molar-refractivity contribution in [1.82, 2.24) is 9.97 Å². The fourth-order valence-electron chi connectivity index (χ4n) is 1.90. The zero-order chi connectivity index (χ0) is 13.9. The lowest BCUT2D eigenvalue weighted by Gasteiger charge is -2.08. The fraction of sp³-hybridized carbons (Fsp3) is 0.0667. The summed E-state index contributed by atoms with van der Waals surface area (Å²) in [5, 5.41) is 3.03. The lowest BCUT2D eigenvalue weighted by atomic mass is 10.3. The van der Waals surface area contributed by atoms with Crippen molar-refractivity contribution in [3.8, 4) is 0 Å². The molecule has 0 aliphatic heterocycles. The van der Waals surface area contributed by atoms with Gasteiger partial charge in [-0.25, -0.2) is 9.37 Å². The minimum atomic E-state index is -0.290. The minimum absolute atomic E-state index is 0.290. The molecule has 0 bridgehead atoms. The number of anilines is 1. The number of para-hydroxylation sites is 2. The molecular weight excluding hydrogens is 321 g/mol. The average Bonchev–Trinajstić information content (AvgIpc) is 2.48. The van der Waals surface area contributed by atoms with Gasteiger partial charge in [0.1, 0.15) is 5.82 Å². The van der Waals surface area contributed by atoms with E-state index >= 15 is 0 Å². The van der Waals surface area contributed by atoms with Gasteiger partial charge in [-0.1, -0.05) is 28.1 Å². The Balaban J connectivity index is 1.81.